The lowest BCUT2D eigenvalue weighted by Crippen LogP contribution is -3.00. The Bertz CT molecular complexity index is 570. The molecule has 0 aliphatic carbocycles. The van der Waals surface area contributed by atoms with Crippen LogP contribution in [0.2, 0.25) is 0 Å². The van der Waals surface area contributed by atoms with E-state index in [1.165, 1.54) is 22.3 Å². The third-order valence-corrected chi connectivity index (χ3v) is 4.39. The van der Waals surface area contributed by atoms with Crippen molar-refractivity contribution in [2.75, 3.05) is 5.75 Å². The molecule has 19 heavy (non-hydrogen) atoms. The predicted molar refractivity (Wildman–Crippen MR) is 75.4 cm³/mol. The lowest BCUT2D eigenvalue weighted by molar-refractivity contribution is -0.636. The Labute approximate surface area is 129 Å². The zero-order valence-corrected chi connectivity index (χ0v) is 14.0. The molecule has 2 heterocycles. The molecule has 0 amide bonds. The summed E-state index contributed by atoms with van der Waals surface area (Å²) < 4.78 is 4.80. The van der Waals surface area contributed by atoms with Crippen molar-refractivity contribution in [3.05, 3.63) is 42.2 Å². The van der Waals surface area contributed by atoms with Crippen molar-refractivity contribution in [1.29, 1.82) is 0 Å². The topological polar surface area (TPSA) is 8.81 Å². The van der Waals surface area contributed by atoms with Crippen LogP contribution in [0.25, 0.3) is 5.69 Å². The average molecular weight is 339 g/mol. The van der Waals surface area contributed by atoms with E-state index in [2.05, 4.69) is 66.4 Å². The number of fused-ring (bicyclic) bond motifs is 1. The van der Waals surface area contributed by atoms with E-state index in [0.29, 0.717) is 0 Å². The molecule has 1 aliphatic rings. The van der Waals surface area contributed by atoms with E-state index < -0.39 is 0 Å². The minimum Gasteiger partial charge on any atom is -1.00 e. The number of nitrogens with zero attached hydrogens (tertiary/aromatic N) is 2. The molecule has 0 bridgehead atoms. The maximum Gasteiger partial charge on any atom is 0.323 e. The largest absolute Gasteiger partial charge is 1.00 e. The lowest BCUT2D eigenvalue weighted by atomic mass is 9.92. The summed E-state index contributed by atoms with van der Waals surface area (Å²) in [5.74, 6) is 1.19. The zero-order chi connectivity index (χ0) is 12.8. The normalized spacial score (nSPS) is 14.1. The average Bonchev–Trinajstić information content (AvgIpc) is 2.89. The number of hydrogen-bond acceptors (Lipinski definition) is 1. The quantitative estimate of drug-likeness (QED) is 0.673. The van der Waals surface area contributed by atoms with Gasteiger partial charge in [-0.05, 0) is 23.9 Å². The van der Waals surface area contributed by atoms with Crippen LogP contribution in [0.4, 0.5) is 0 Å². The standard InChI is InChI=1S/C15H19N2S.BrH/c1-15(2,3)13-11-17(12-7-5-4-6-8-12)14-16(13)9-10-18-14;/h4-8,11H,9-10H2,1-3H3;1H/q+1;/p-1. The summed E-state index contributed by atoms with van der Waals surface area (Å²) in [5.41, 5.74) is 2.87. The van der Waals surface area contributed by atoms with Crippen LogP contribution in [0, 0.1) is 0 Å². The number of benzene rings is 1. The molecule has 0 saturated carbocycles. The molecular weight excluding hydrogens is 320 g/mol. The second-order valence-electron chi connectivity index (χ2n) is 5.75. The van der Waals surface area contributed by atoms with E-state index in [1.807, 2.05) is 11.8 Å². The van der Waals surface area contributed by atoms with Gasteiger partial charge in [-0.15, -0.1) is 0 Å². The lowest BCUT2D eigenvalue weighted by Gasteiger charge is -2.14. The van der Waals surface area contributed by atoms with Crippen LogP contribution in [-0.4, -0.2) is 10.3 Å². The van der Waals surface area contributed by atoms with Crippen LogP contribution < -0.4 is 21.5 Å². The molecule has 0 radical (unpaired) electrons. The predicted octanol–water partition coefficient (Wildman–Crippen LogP) is 0.172. The maximum atomic E-state index is 2.47. The second kappa shape index (κ2) is 5.33. The van der Waals surface area contributed by atoms with Gasteiger partial charge in [0, 0.05) is 11.2 Å². The van der Waals surface area contributed by atoms with Gasteiger partial charge in [0.1, 0.15) is 24.1 Å². The molecule has 1 aliphatic heterocycles. The molecule has 0 N–H and O–H groups in total. The van der Waals surface area contributed by atoms with Crippen LogP contribution in [0.5, 0.6) is 0 Å². The highest BCUT2D eigenvalue weighted by Crippen LogP contribution is 2.31. The SMILES string of the molecule is CC(C)(C)c1c[n+](-c2ccccc2)c2n1CCS2.[Br-]. The van der Waals surface area contributed by atoms with Gasteiger partial charge in [-0.1, -0.05) is 39.0 Å². The maximum absolute atomic E-state index is 2.47. The van der Waals surface area contributed by atoms with Crippen LogP contribution in [-0.2, 0) is 12.0 Å². The van der Waals surface area contributed by atoms with Crippen LogP contribution in [0.3, 0.4) is 0 Å². The fourth-order valence-corrected chi connectivity index (χ4v) is 3.54. The summed E-state index contributed by atoms with van der Waals surface area (Å²) in [6.07, 6.45) is 2.30. The Balaban J connectivity index is 0.00000133. The Hall–Kier alpha value is -0.740. The van der Waals surface area contributed by atoms with Crippen molar-refractivity contribution in [3.63, 3.8) is 0 Å². The highest BCUT2D eigenvalue weighted by atomic mass is 79.9. The number of hydrogen-bond donors (Lipinski definition) is 0. The zero-order valence-electron chi connectivity index (χ0n) is 11.6. The van der Waals surface area contributed by atoms with Gasteiger partial charge in [-0.2, -0.15) is 4.57 Å². The molecule has 0 atom stereocenters. The third-order valence-electron chi connectivity index (χ3n) is 3.33. The fourth-order valence-electron chi connectivity index (χ4n) is 2.44. The minimum absolute atomic E-state index is 0. The molecule has 2 aromatic rings. The highest BCUT2D eigenvalue weighted by Gasteiger charge is 2.34. The first-order chi connectivity index (χ1) is 8.57. The molecule has 2 nitrogen and oxygen atoms in total. The molecule has 3 rings (SSSR count). The first-order valence-electron chi connectivity index (χ1n) is 6.41. The van der Waals surface area contributed by atoms with Gasteiger partial charge in [0.25, 0.3) is 0 Å². The first-order valence-corrected chi connectivity index (χ1v) is 7.40. The Morgan fingerprint density at radius 1 is 1.16 bits per heavy atom. The molecular formula is C15H19BrN2S. The molecule has 0 unspecified atom stereocenters. The van der Waals surface area contributed by atoms with Crippen molar-refractivity contribution < 1.29 is 21.5 Å². The van der Waals surface area contributed by atoms with E-state index >= 15 is 0 Å². The van der Waals surface area contributed by atoms with E-state index in [0.717, 1.165) is 6.54 Å². The summed E-state index contributed by atoms with van der Waals surface area (Å²) in [6.45, 7) is 7.99. The smallest absolute Gasteiger partial charge is 0.323 e. The van der Waals surface area contributed by atoms with Crippen molar-refractivity contribution in [2.24, 2.45) is 0 Å². The number of thioether (sulfide) groups is 1. The molecule has 0 spiro atoms. The molecule has 0 saturated heterocycles. The molecule has 4 heteroatoms. The Morgan fingerprint density at radius 2 is 1.84 bits per heavy atom. The van der Waals surface area contributed by atoms with Crippen molar-refractivity contribution in [1.82, 2.24) is 4.57 Å². The summed E-state index contributed by atoms with van der Waals surface area (Å²) in [7, 11) is 0. The van der Waals surface area contributed by atoms with Gasteiger partial charge in [-0.3, -0.25) is 0 Å². The fraction of sp³-hybridized carbons (Fsp3) is 0.400. The minimum atomic E-state index is 0. The van der Waals surface area contributed by atoms with E-state index in [9.17, 15) is 0 Å². The number of aromatic nitrogens is 2. The highest BCUT2D eigenvalue weighted by molar-refractivity contribution is 7.99. The van der Waals surface area contributed by atoms with Gasteiger partial charge < -0.3 is 17.0 Å². The van der Waals surface area contributed by atoms with E-state index in [1.54, 1.807) is 0 Å². The second-order valence-corrected chi connectivity index (χ2v) is 6.81. The van der Waals surface area contributed by atoms with Crippen LogP contribution in [0.15, 0.2) is 41.7 Å². The number of imidazole rings is 1. The monoisotopic (exact) mass is 338 g/mol. The summed E-state index contributed by atoms with van der Waals surface area (Å²) in [6, 6.07) is 10.6. The first kappa shape index (κ1) is 14.7. The van der Waals surface area contributed by atoms with Crippen molar-refractivity contribution >= 4 is 11.8 Å². The van der Waals surface area contributed by atoms with Gasteiger partial charge in [0.15, 0.2) is 0 Å². The van der Waals surface area contributed by atoms with Gasteiger partial charge in [-0.25, -0.2) is 4.57 Å². The van der Waals surface area contributed by atoms with Crippen molar-refractivity contribution in [2.45, 2.75) is 37.9 Å². The van der Waals surface area contributed by atoms with Crippen LogP contribution >= 0.6 is 11.8 Å². The van der Waals surface area contributed by atoms with Gasteiger partial charge >= 0.3 is 5.16 Å². The Kier molecular flexibility index (Phi) is 4.11. The Morgan fingerprint density at radius 3 is 2.47 bits per heavy atom. The van der Waals surface area contributed by atoms with E-state index in [4.69, 9.17) is 0 Å². The number of halogens is 1. The summed E-state index contributed by atoms with van der Waals surface area (Å²) >= 11 is 1.95. The number of rotatable bonds is 1. The summed E-state index contributed by atoms with van der Waals surface area (Å²) in [4.78, 5) is 0. The van der Waals surface area contributed by atoms with Gasteiger partial charge in [0.2, 0.25) is 0 Å². The van der Waals surface area contributed by atoms with E-state index in [-0.39, 0.29) is 22.4 Å². The van der Waals surface area contributed by atoms with Crippen LogP contribution in [0.1, 0.15) is 26.5 Å². The molecule has 102 valence electrons. The molecule has 0 fully saturated rings. The number of para-hydroxylation sites is 1. The van der Waals surface area contributed by atoms with Crippen molar-refractivity contribution in [3.8, 4) is 5.69 Å². The molecule has 1 aromatic carbocycles. The van der Waals surface area contributed by atoms with Gasteiger partial charge in [0.05, 0.1) is 0 Å². The summed E-state index contributed by atoms with van der Waals surface area (Å²) in [5, 5.41) is 1.37. The third kappa shape index (κ3) is 2.61. The molecule has 1 aromatic heterocycles.